The highest BCUT2D eigenvalue weighted by molar-refractivity contribution is 7.88. The molecule has 1 N–H and O–H groups in total. The summed E-state index contributed by atoms with van der Waals surface area (Å²) in [5.41, 5.74) is 1.26. The third-order valence-electron chi connectivity index (χ3n) is 4.30. The molecule has 6 heteroatoms. The van der Waals surface area contributed by atoms with Crippen LogP contribution < -0.4 is 5.32 Å². The van der Waals surface area contributed by atoms with Gasteiger partial charge >= 0.3 is 0 Å². The molecule has 0 unspecified atom stereocenters. The molecule has 0 saturated heterocycles. The zero-order valence-electron chi connectivity index (χ0n) is 14.6. The van der Waals surface area contributed by atoms with Gasteiger partial charge in [-0.15, -0.1) is 0 Å². The van der Waals surface area contributed by atoms with Crippen molar-refractivity contribution in [1.29, 1.82) is 0 Å². The van der Waals surface area contributed by atoms with Crippen LogP contribution in [0.2, 0.25) is 0 Å². The normalized spacial score (nSPS) is 12.9. The second-order valence-electron chi connectivity index (χ2n) is 6.11. The Morgan fingerprint density at radius 2 is 1.54 bits per heavy atom. The van der Waals surface area contributed by atoms with E-state index in [-0.39, 0.29) is 0 Å². The number of anilines is 1. The van der Waals surface area contributed by atoms with Gasteiger partial charge in [0.2, 0.25) is 15.9 Å². The molecule has 3 aromatic carbocycles. The molecule has 26 heavy (non-hydrogen) atoms. The maximum atomic E-state index is 13.0. The molecule has 3 rings (SSSR count). The second-order valence-corrected chi connectivity index (χ2v) is 8.15. The fourth-order valence-electron chi connectivity index (χ4n) is 2.89. The number of fused-ring (bicyclic) bond motifs is 1. The summed E-state index contributed by atoms with van der Waals surface area (Å²) >= 11 is 0. The van der Waals surface area contributed by atoms with Crippen LogP contribution >= 0.6 is 0 Å². The van der Waals surface area contributed by atoms with Gasteiger partial charge in [-0.05, 0) is 17.0 Å². The van der Waals surface area contributed by atoms with Gasteiger partial charge < -0.3 is 5.32 Å². The van der Waals surface area contributed by atoms with E-state index in [1.807, 2.05) is 48.5 Å². The summed E-state index contributed by atoms with van der Waals surface area (Å²) < 4.78 is 25.2. The lowest BCUT2D eigenvalue weighted by molar-refractivity contribution is -0.119. The van der Waals surface area contributed by atoms with Crippen molar-refractivity contribution in [1.82, 2.24) is 4.31 Å². The van der Waals surface area contributed by atoms with Crippen molar-refractivity contribution in [2.75, 3.05) is 18.6 Å². The van der Waals surface area contributed by atoms with Crippen molar-refractivity contribution in [2.45, 2.75) is 6.04 Å². The molecule has 1 amide bonds. The standard InChI is InChI=1S/C20H20N2O3S/c1-22(26(2,24)25)19(16-10-4-3-5-11-16)20(23)21-18-14-8-12-15-9-6-7-13-17(15)18/h3-14,19H,1-2H3,(H,21,23)/t19-/m0/s1. The first kappa shape index (κ1) is 18.1. The molecular weight excluding hydrogens is 348 g/mol. The average molecular weight is 368 g/mol. The Morgan fingerprint density at radius 3 is 2.23 bits per heavy atom. The minimum atomic E-state index is -3.56. The second kappa shape index (κ2) is 7.27. The Labute approximate surface area is 153 Å². The number of carbonyl (C=O) groups excluding carboxylic acids is 1. The third-order valence-corrected chi connectivity index (χ3v) is 5.55. The maximum absolute atomic E-state index is 13.0. The molecule has 1 atom stereocenters. The molecule has 0 radical (unpaired) electrons. The zero-order chi connectivity index (χ0) is 18.7. The molecular formula is C20H20N2O3S. The minimum Gasteiger partial charge on any atom is -0.324 e. The maximum Gasteiger partial charge on any atom is 0.247 e. The number of benzene rings is 3. The first-order valence-corrected chi connectivity index (χ1v) is 9.99. The molecule has 0 bridgehead atoms. The van der Waals surface area contributed by atoms with Gasteiger partial charge in [0.1, 0.15) is 6.04 Å². The molecule has 0 aliphatic heterocycles. The van der Waals surface area contributed by atoms with Gasteiger partial charge in [-0.1, -0.05) is 66.7 Å². The van der Waals surface area contributed by atoms with Crippen molar-refractivity contribution in [3.63, 3.8) is 0 Å². The Balaban J connectivity index is 2.00. The summed E-state index contributed by atoms with van der Waals surface area (Å²) in [6.07, 6.45) is 1.09. The van der Waals surface area contributed by atoms with Gasteiger partial charge in [0, 0.05) is 18.1 Å². The molecule has 0 saturated carbocycles. The zero-order valence-corrected chi connectivity index (χ0v) is 15.4. The Kier molecular flexibility index (Phi) is 5.06. The van der Waals surface area contributed by atoms with Crippen LogP contribution in [0.15, 0.2) is 72.8 Å². The predicted octanol–water partition coefficient (Wildman–Crippen LogP) is 3.41. The Hall–Kier alpha value is -2.70. The highest BCUT2D eigenvalue weighted by Gasteiger charge is 2.30. The topological polar surface area (TPSA) is 66.5 Å². The number of nitrogens with one attached hydrogen (secondary N) is 1. The lowest BCUT2D eigenvalue weighted by atomic mass is 10.1. The van der Waals surface area contributed by atoms with E-state index in [1.165, 1.54) is 7.05 Å². The number of hydrogen-bond acceptors (Lipinski definition) is 3. The molecule has 3 aromatic rings. The first-order chi connectivity index (χ1) is 12.4. The summed E-state index contributed by atoms with van der Waals surface area (Å²) in [6.45, 7) is 0. The van der Waals surface area contributed by atoms with Crippen LogP contribution in [0.3, 0.4) is 0 Å². The van der Waals surface area contributed by atoms with E-state index in [0.717, 1.165) is 21.3 Å². The van der Waals surface area contributed by atoms with Crippen molar-refractivity contribution in [3.8, 4) is 0 Å². The van der Waals surface area contributed by atoms with Crippen LogP contribution in [0.1, 0.15) is 11.6 Å². The molecule has 0 spiro atoms. The number of sulfonamides is 1. The summed E-state index contributed by atoms with van der Waals surface area (Å²) in [5.74, 6) is -0.402. The predicted molar refractivity (Wildman–Crippen MR) is 104 cm³/mol. The van der Waals surface area contributed by atoms with E-state index in [4.69, 9.17) is 0 Å². The van der Waals surface area contributed by atoms with Gasteiger partial charge in [0.15, 0.2) is 0 Å². The summed E-state index contributed by atoms with van der Waals surface area (Å²) in [6, 6.07) is 21.3. The van der Waals surface area contributed by atoms with Crippen LogP contribution in [-0.2, 0) is 14.8 Å². The van der Waals surface area contributed by atoms with Crippen molar-refractivity contribution < 1.29 is 13.2 Å². The summed E-state index contributed by atoms with van der Waals surface area (Å²) in [4.78, 5) is 13.0. The molecule has 0 heterocycles. The molecule has 0 aromatic heterocycles. The monoisotopic (exact) mass is 368 g/mol. The SMILES string of the molecule is CN([C@H](C(=O)Nc1cccc2ccccc12)c1ccccc1)S(C)(=O)=O. The molecule has 134 valence electrons. The Bertz CT molecular complexity index is 1030. The molecule has 0 aliphatic carbocycles. The fourth-order valence-corrected chi connectivity index (χ4v) is 3.49. The molecule has 0 aliphatic rings. The highest BCUT2D eigenvalue weighted by Crippen LogP contribution is 2.27. The molecule has 5 nitrogen and oxygen atoms in total. The van der Waals surface area contributed by atoms with E-state index < -0.39 is 22.0 Å². The third kappa shape index (κ3) is 3.76. The van der Waals surface area contributed by atoms with Crippen molar-refractivity contribution >= 4 is 32.4 Å². The number of rotatable bonds is 5. The van der Waals surface area contributed by atoms with Crippen LogP contribution in [0.5, 0.6) is 0 Å². The largest absolute Gasteiger partial charge is 0.324 e. The molecule has 0 fully saturated rings. The lowest BCUT2D eigenvalue weighted by Gasteiger charge is -2.26. The average Bonchev–Trinajstić information content (AvgIpc) is 2.62. The van der Waals surface area contributed by atoms with E-state index >= 15 is 0 Å². The van der Waals surface area contributed by atoms with E-state index in [9.17, 15) is 13.2 Å². The van der Waals surface area contributed by atoms with E-state index in [0.29, 0.717) is 11.3 Å². The van der Waals surface area contributed by atoms with Crippen LogP contribution in [0.4, 0.5) is 5.69 Å². The minimum absolute atomic E-state index is 0.402. The Morgan fingerprint density at radius 1 is 0.923 bits per heavy atom. The highest BCUT2D eigenvalue weighted by atomic mass is 32.2. The number of hydrogen-bond donors (Lipinski definition) is 1. The van der Waals surface area contributed by atoms with Gasteiger partial charge in [-0.2, -0.15) is 4.31 Å². The number of nitrogens with zero attached hydrogens (tertiary/aromatic N) is 1. The smallest absolute Gasteiger partial charge is 0.247 e. The number of carbonyl (C=O) groups is 1. The summed E-state index contributed by atoms with van der Waals surface area (Å²) in [5, 5.41) is 4.79. The van der Waals surface area contributed by atoms with Gasteiger partial charge in [-0.3, -0.25) is 4.79 Å². The quantitative estimate of drug-likeness (QED) is 0.750. The summed E-state index contributed by atoms with van der Waals surface area (Å²) in [7, 11) is -2.15. The fraction of sp³-hybridized carbons (Fsp3) is 0.150. The van der Waals surface area contributed by atoms with Crippen LogP contribution in [-0.4, -0.2) is 31.9 Å². The van der Waals surface area contributed by atoms with Crippen LogP contribution in [0.25, 0.3) is 10.8 Å². The lowest BCUT2D eigenvalue weighted by Crippen LogP contribution is -2.38. The van der Waals surface area contributed by atoms with Gasteiger partial charge in [0.05, 0.1) is 6.26 Å². The number of likely N-dealkylation sites (N-methyl/N-ethyl adjacent to an activating group) is 1. The van der Waals surface area contributed by atoms with Crippen molar-refractivity contribution in [2.24, 2.45) is 0 Å². The van der Waals surface area contributed by atoms with Gasteiger partial charge in [0.25, 0.3) is 0 Å². The van der Waals surface area contributed by atoms with Gasteiger partial charge in [-0.25, -0.2) is 8.42 Å². The van der Waals surface area contributed by atoms with E-state index in [2.05, 4.69) is 5.32 Å². The van der Waals surface area contributed by atoms with E-state index in [1.54, 1.807) is 24.3 Å². The van der Waals surface area contributed by atoms with Crippen LogP contribution in [0, 0.1) is 0 Å². The first-order valence-electron chi connectivity index (χ1n) is 8.14. The number of amides is 1. The van der Waals surface area contributed by atoms with Crippen molar-refractivity contribution in [3.05, 3.63) is 78.4 Å².